The van der Waals surface area contributed by atoms with Crippen LogP contribution in [0.2, 0.25) is 0 Å². The second kappa shape index (κ2) is 9.15. The summed E-state index contributed by atoms with van der Waals surface area (Å²) in [5.74, 6) is -3.70. The van der Waals surface area contributed by atoms with Gasteiger partial charge in [-0.05, 0) is 24.1 Å². The van der Waals surface area contributed by atoms with E-state index in [1.165, 1.54) is 17.0 Å². The minimum Gasteiger partial charge on any atom is -0.389 e. The van der Waals surface area contributed by atoms with E-state index in [0.717, 1.165) is 17.4 Å². The van der Waals surface area contributed by atoms with Crippen molar-refractivity contribution in [3.05, 3.63) is 58.9 Å². The number of nitrogen functional groups attached to an aromatic ring is 1. The molecule has 6 rings (SSSR count). The lowest BCUT2D eigenvalue weighted by Crippen LogP contribution is -2.58. The standard InChI is InChI=1S/C26H20ClF3N6O2S/c1-11(28)25(37)34-6-7-35-12(10-34)4-5-36-21-14(26(35)38)8-17(30)19(20(21)23(27)33-36)13-2-3-16(29)22-18(13)15(9-31)24(32)39-22/h2-3,8,12,23,33H,1,4-7,10,32H2/t12-,23?/m0/s1. The normalized spacial score (nSPS) is 20.4. The molecule has 1 aromatic heterocycles. The van der Waals surface area contributed by atoms with Crippen molar-refractivity contribution < 1.29 is 22.8 Å². The molecule has 0 radical (unpaired) electrons. The molecule has 0 bridgehead atoms. The van der Waals surface area contributed by atoms with Gasteiger partial charge in [-0.25, -0.2) is 18.6 Å². The number of hydrazine groups is 1. The van der Waals surface area contributed by atoms with Crippen LogP contribution in [0.25, 0.3) is 21.2 Å². The first-order valence-corrected chi connectivity index (χ1v) is 13.3. The van der Waals surface area contributed by atoms with E-state index >= 15 is 4.39 Å². The molecule has 0 saturated carbocycles. The Labute approximate surface area is 229 Å². The summed E-state index contributed by atoms with van der Waals surface area (Å²) in [4.78, 5) is 28.8. The van der Waals surface area contributed by atoms with Crippen molar-refractivity contribution in [2.24, 2.45) is 0 Å². The van der Waals surface area contributed by atoms with Crippen LogP contribution in [0.1, 0.15) is 33.4 Å². The Kier molecular flexibility index (Phi) is 5.98. The van der Waals surface area contributed by atoms with Gasteiger partial charge in [0.1, 0.15) is 28.2 Å². The summed E-state index contributed by atoms with van der Waals surface area (Å²) in [7, 11) is 0. The quantitative estimate of drug-likeness (QED) is 0.268. The van der Waals surface area contributed by atoms with E-state index in [-0.39, 0.29) is 57.0 Å². The number of nitrogens with one attached hydrogen (secondary N) is 1. The predicted octanol–water partition coefficient (Wildman–Crippen LogP) is 4.40. The first-order valence-electron chi connectivity index (χ1n) is 12.0. The van der Waals surface area contributed by atoms with Crippen molar-refractivity contribution >= 4 is 55.5 Å². The van der Waals surface area contributed by atoms with Gasteiger partial charge in [-0.3, -0.25) is 9.59 Å². The van der Waals surface area contributed by atoms with Crippen molar-refractivity contribution in [2.45, 2.75) is 18.0 Å². The smallest absolute Gasteiger partial charge is 0.282 e. The summed E-state index contributed by atoms with van der Waals surface area (Å²) in [5.41, 5.74) is 9.21. The first kappa shape index (κ1) is 25.5. The van der Waals surface area contributed by atoms with Gasteiger partial charge >= 0.3 is 0 Å². The number of rotatable bonds is 2. The van der Waals surface area contributed by atoms with Gasteiger partial charge in [0, 0.05) is 42.7 Å². The zero-order valence-corrected chi connectivity index (χ0v) is 21.8. The van der Waals surface area contributed by atoms with Crippen molar-refractivity contribution in [3.8, 4) is 17.2 Å². The van der Waals surface area contributed by atoms with E-state index in [0.29, 0.717) is 24.2 Å². The lowest BCUT2D eigenvalue weighted by molar-refractivity contribution is -0.131. The minimum absolute atomic E-state index is 0.0408. The number of hydrogen-bond acceptors (Lipinski definition) is 7. The third-order valence-electron chi connectivity index (χ3n) is 7.46. The van der Waals surface area contributed by atoms with Crippen LogP contribution in [0.15, 0.2) is 30.6 Å². The number of hydrogen-bond donors (Lipinski definition) is 2. The van der Waals surface area contributed by atoms with Gasteiger partial charge in [0.15, 0.2) is 5.83 Å². The summed E-state index contributed by atoms with van der Waals surface area (Å²) in [6.45, 7) is 3.77. The van der Waals surface area contributed by atoms with Crippen LogP contribution in [-0.2, 0) is 4.79 Å². The topological polar surface area (TPSA) is 106 Å². The number of carbonyl (C=O) groups is 2. The Balaban J connectivity index is 1.51. The van der Waals surface area contributed by atoms with Gasteiger partial charge < -0.3 is 20.5 Å². The summed E-state index contributed by atoms with van der Waals surface area (Å²) < 4.78 is 44.4. The maximum Gasteiger partial charge on any atom is 0.282 e. The van der Waals surface area contributed by atoms with E-state index in [9.17, 15) is 23.6 Å². The van der Waals surface area contributed by atoms with Crippen molar-refractivity contribution in [1.82, 2.24) is 15.2 Å². The fourth-order valence-corrected chi connectivity index (χ4v) is 7.02. The molecule has 2 amide bonds. The van der Waals surface area contributed by atoms with Gasteiger partial charge in [-0.1, -0.05) is 24.2 Å². The van der Waals surface area contributed by atoms with Crippen LogP contribution in [0.3, 0.4) is 0 Å². The minimum atomic E-state index is -1.07. The van der Waals surface area contributed by atoms with E-state index in [1.54, 1.807) is 9.91 Å². The molecule has 4 heterocycles. The summed E-state index contributed by atoms with van der Waals surface area (Å²) >= 11 is 7.60. The zero-order chi connectivity index (χ0) is 27.7. The van der Waals surface area contributed by atoms with E-state index in [4.69, 9.17) is 17.3 Å². The molecule has 3 aromatic rings. The molecule has 13 heteroatoms. The van der Waals surface area contributed by atoms with Gasteiger partial charge in [-0.2, -0.15) is 5.26 Å². The fraction of sp³-hybridized carbons (Fsp3) is 0.269. The first-order chi connectivity index (χ1) is 18.6. The fourth-order valence-electron chi connectivity index (χ4n) is 5.74. The van der Waals surface area contributed by atoms with Gasteiger partial charge in [0.05, 0.1) is 27.6 Å². The molecule has 0 aliphatic carbocycles. The Morgan fingerprint density at radius 2 is 2.00 bits per heavy atom. The van der Waals surface area contributed by atoms with Gasteiger partial charge in [-0.15, -0.1) is 11.3 Å². The van der Waals surface area contributed by atoms with E-state index in [1.807, 2.05) is 6.07 Å². The molecule has 3 aliphatic rings. The number of carbonyl (C=O) groups excluding carboxylic acids is 2. The van der Waals surface area contributed by atoms with Crippen molar-refractivity contribution in [2.75, 3.05) is 36.9 Å². The number of anilines is 2. The number of amides is 2. The monoisotopic (exact) mass is 572 g/mol. The summed E-state index contributed by atoms with van der Waals surface area (Å²) in [5, 5.41) is 11.7. The summed E-state index contributed by atoms with van der Waals surface area (Å²) in [6.07, 6.45) is 0.414. The highest BCUT2D eigenvalue weighted by Crippen LogP contribution is 2.50. The second-order valence-electron chi connectivity index (χ2n) is 9.54. The van der Waals surface area contributed by atoms with E-state index < -0.39 is 40.8 Å². The molecule has 200 valence electrons. The Hall–Kier alpha value is -3.79. The maximum atomic E-state index is 16.1. The van der Waals surface area contributed by atoms with Gasteiger partial charge in [0.25, 0.3) is 11.8 Å². The van der Waals surface area contributed by atoms with Crippen LogP contribution in [-0.4, -0.2) is 53.8 Å². The number of fused-ring (bicyclic) bond motifs is 2. The molecule has 1 fully saturated rings. The molecule has 1 saturated heterocycles. The van der Waals surface area contributed by atoms with Crippen LogP contribution in [0.5, 0.6) is 0 Å². The number of thiophene rings is 1. The molecule has 8 nitrogen and oxygen atoms in total. The number of piperazine rings is 1. The van der Waals surface area contributed by atoms with Crippen LogP contribution in [0.4, 0.5) is 23.9 Å². The Morgan fingerprint density at radius 1 is 1.23 bits per heavy atom. The third-order valence-corrected chi connectivity index (χ3v) is 8.80. The highest BCUT2D eigenvalue weighted by atomic mass is 35.5. The number of nitriles is 1. The number of nitrogens with two attached hydrogens (primary N) is 1. The average molecular weight is 573 g/mol. The lowest BCUT2D eigenvalue weighted by Gasteiger charge is -2.43. The Bertz CT molecular complexity index is 1650. The molecule has 1 unspecified atom stereocenters. The molecule has 2 aromatic carbocycles. The number of halogens is 4. The van der Waals surface area contributed by atoms with Crippen molar-refractivity contribution in [1.29, 1.82) is 5.26 Å². The predicted molar refractivity (Wildman–Crippen MR) is 142 cm³/mol. The third kappa shape index (κ3) is 3.76. The number of nitrogens with zero attached hydrogens (tertiary/aromatic N) is 4. The largest absolute Gasteiger partial charge is 0.389 e. The van der Waals surface area contributed by atoms with E-state index in [2.05, 4.69) is 12.0 Å². The molecular weight excluding hydrogens is 553 g/mol. The van der Waals surface area contributed by atoms with Crippen LogP contribution in [0, 0.1) is 23.0 Å². The lowest BCUT2D eigenvalue weighted by atomic mass is 9.90. The van der Waals surface area contributed by atoms with Gasteiger partial charge in [0.2, 0.25) is 0 Å². The van der Waals surface area contributed by atoms with Crippen molar-refractivity contribution in [3.63, 3.8) is 0 Å². The molecule has 3 aliphatic heterocycles. The zero-order valence-electron chi connectivity index (χ0n) is 20.2. The SMILES string of the molecule is C=C(F)C(=O)N1CCN2C(=O)c3cc(F)c(-c4ccc(F)c5sc(N)c(C#N)c45)c4c3N(CC[C@H]2C1)NC4Cl. The van der Waals surface area contributed by atoms with Crippen LogP contribution < -0.4 is 16.2 Å². The molecule has 2 atom stereocenters. The maximum absolute atomic E-state index is 16.1. The Morgan fingerprint density at radius 3 is 2.72 bits per heavy atom. The summed E-state index contributed by atoms with van der Waals surface area (Å²) in [6, 6.07) is 5.25. The average Bonchev–Trinajstić information content (AvgIpc) is 3.42. The molecule has 3 N–H and O–H groups in total. The number of benzene rings is 2. The second-order valence-corrected chi connectivity index (χ2v) is 11.0. The highest BCUT2D eigenvalue weighted by molar-refractivity contribution is 7.23. The molecule has 39 heavy (non-hydrogen) atoms. The molecular formula is C26H20ClF3N6O2S. The number of alkyl halides is 1. The molecule has 0 spiro atoms. The highest BCUT2D eigenvalue weighted by Gasteiger charge is 2.42. The van der Waals surface area contributed by atoms with Crippen LogP contribution >= 0.6 is 22.9 Å².